The Bertz CT molecular complexity index is 826. The molecule has 0 amide bonds. The molecule has 0 N–H and O–H groups in total. The molecule has 0 aromatic rings. The van der Waals surface area contributed by atoms with E-state index in [9.17, 15) is 0 Å². The Morgan fingerprint density at radius 2 is 1.39 bits per heavy atom. The van der Waals surface area contributed by atoms with Gasteiger partial charge in [0.05, 0.1) is 12.2 Å². The van der Waals surface area contributed by atoms with Gasteiger partial charge in [-0.25, -0.2) is 0 Å². The van der Waals surface area contributed by atoms with E-state index in [2.05, 4.69) is 62.3 Å². The standard InChI is InChI=1S/C33H62O3Si2/c1-10-37(11-2,12-3)35-24(7)33-30(34-33)23-29-27-17-16-25-22-26(36-38(13-4,14-5)15-6)18-20-31(25,8)28(27)19-21-32(29,33)9/h24-30H,10-23H2,1-9H3/t24-,25-,26-,27+,28-,29-,30+,31-,32-,33+/m0/s1. The highest BCUT2D eigenvalue weighted by Crippen LogP contribution is 2.75. The quantitative estimate of drug-likeness (QED) is 0.185. The van der Waals surface area contributed by atoms with E-state index in [1.165, 1.54) is 87.6 Å². The van der Waals surface area contributed by atoms with Crippen molar-refractivity contribution >= 4 is 16.6 Å². The first-order valence-corrected chi connectivity index (χ1v) is 22.2. The van der Waals surface area contributed by atoms with Crippen LogP contribution in [-0.4, -0.2) is 40.5 Å². The molecule has 0 radical (unpaired) electrons. The molecule has 5 fully saturated rings. The van der Waals surface area contributed by atoms with Crippen LogP contribution in [0.1, 0.15) is 114 Å². The fourth-order valence-electron chi connectivity index (χ4n) is 11.4. The molecule has 10 atom stereocenters. The molecule has 3 nitrogen and oxygen atoms in total. The van der Waals surface area contributed by atoms with E-state index in [0.717, 1.165) is 23.7 Å². The third-order valence-electron chi connectivity index (χ3n) is 14.4. The molecule has 220 valence electrons. The third-order valence-corrected chi connectivity index (χ3v) is 23.9. The second-order valence-electron chi connectivity index (χ2n) is 15.0. The lowest BCUT2D eigenvalue weighted by Crippen LogP contribution is -2.58. The van der Waals surface area contributed by atoms with E-state index in [0.29, 0.717) is 23.0 Å². The molecule has 4 aliphatic carbocycles. The highest BCUT2D eigenvalue weighted by atomic mass is 28.4. The van der Waals surface area contributed by atoms with Crippen LogP contribution >= 0.6 is 0 Å². The monoisotopic (exact) mass is 562 g/mol. The molecule has 5 heteroatoms. The second kappa shape index (κ2) is 10.5. The molecule has 0 aromatic heterocycles. The second-order valence-corrected chi connectivity index (χ2v) is 24.5. The maximum Gasteiger partial charge on any atom is 0.192 e. The van der Waals surface area contributed by atoms with Gasteiger partial charge >= 0.3 is 0 Å². The zero-order valence-corrected chi connectivity index (χ0v) is 28.7. The zero-order valence-electron chi connectivity index (χ0n) is 26.7. The van der Waals surface area contributed by atoms with Crippen LogP contribution in [0.5, 0.6) is 0 Å². The summed E-state index contributed by atoms with van der Waals surface area (Å²) in [6.45, 7) is 22.0. The van der Waals surface area contributed by atoms with Crippen molar-refractivity contribution in [2.75, 3.05) is 0 Å². The normalized spacial score (nSPS) is 45.1. The summed E-state index contributed by atoms with van der Waals surface area (Å²) in [7, 11) is -3.17. The Morgan fingerprint density at radius 1 is 0.763 bits per heavy atom. The van der Waals surface area contributed by atoms with Gasteiger partial charge in [0.1, 0.15) is 5.60 Å². The lowest BCUT2D eigenvalue weighted by molar-refractivity contribution is -0.149. The fourth-order valence-corrected chi connectivity index (χ4v) is 17.2. The van der Waals surface area contributed by atoms with Crippen LogP contribution in [-0.2, 0) is 13.6 Å². The lowest BCUT2D eigenvalue weighted by Gasteiger charge is -2.62. The van der Waals surface area contributed by atoms with E-state index in [-0.39, 0.29) is 11.7 Å². The van der Waals surface area contributed by atoms with Crippen molar-refractivity contribution < 1.29 is 13.6 Å². The van der Waals surface area contributed by atoms with Gasteiger partial charge in [-0.05, 0) is 124 Å². The summed E-state index contributed by atoms with van der Waals surface area (Å²) in [6, 6.07) is 7.56. The maximum atomic E-state index is 7.15. The topological polar surface area (TPSA) is 31.0 Å². The molecule has 4 saturated carbocycles. The molecule has 5 rings (SSSR count). The molecular weight excluding hydrogens is 501 g/mol. The average molecular weight is 563 g/mol. The molecule has 5 aliphatic rings. The Hall–Kier alpha value is 0.314. The molecule has 0 aromatic carbocycles. The molecule has 1 saturated heterocycles. The van der Waals surface area contributed by atoms with Crippen molar-refractivity contribution in [1.29, 1.82) is 0 Å². The van der Waals surface area contributed by atoms with Gasteiger partial charge in [0.15, 0.2) is 16.6 Å². The Balaban J connectivity index is 1.30. The largest absolute Gasteiger partial charge is 0.414 e. The Morgan fingerprint density at radius 3 is 2.00 bits per heavy atom. The number of hydrogen-bond donors (Lipinski definition) is 0. The highest BCUT2D eigenvalue weighted by Gasteiger charge is 2.79. The van der Waals surface area contributed by atoms with Crippen LogP contribution in [0.2, 0.25) is 36.3 Å². The molecular formula is C33H62O3Si2. The first-order valence-electron chi connectivity index (χ1n) is 17.1. The van der Waals surface area contributed by atoms with Crippen LogP contribution in [0.3, 0.4) is 0 Å². The number of epoxide rings is 1. The van der Waals surface area contributed by atoms with Gasteiger partial charge in [-0.15, -0.1) is 0 Å². The van der Waals surface area contributed by atoms with Crippen LogP contribution in [0.15, 0.2) is 0 Å². The summed E-state index contributed by atoms with van der Waals surface area (Å²) in [6.07, 6.45) is 12.2. The van der Waals surface area contributed by atoms with Crippen molar-refractivity contribution in [3.05, 3.63) is 0 Å². The van der Waals surface area contributed by atoms with Gasteiger partial charge in [-0.2, -0.15) is 0 Å². The minimum atomic E-state index is -1.65. The Labute approximate surface area is 238 Å². The van der Waals surface area contributed by atoms with Crippen LogP contribution < -0.4 is 0 Å². The molecule has 38 heavy (non-hydrogen) atoms. The van der Waals surface area contributed by atoms with Gasteiger partial charge in [-0.3, -0.25) is 0 Å². The first-order chi connectivity index (χ1) is 18.1. The lowest BCUT2D eigenvalue weighted by atomic mass is 9.44. The minimum absolute atomic E-state index is 0.00192. The Kier molecular flexibility index (Phi) is 8.27. The van der Waals surface area contributed by atoms with E-state index >= 15 is 0 Å². The predicted molar refractivity (Wildman–Crippen MR) is 165 cm³/mol. The van der Waals surface area contributed by atoms with Gasteiger partial charge in [0.2, 0.25) is 0 Å². The third kappa shape index (κ3) is 4.24. The van der Waals surface area contributed by atoms with Crippen LogP contribution in [0, 0.1) is 34.5 Å². The van der Waals surface area contributed by atoms with E-state index < -0.39 is 16.6 Å². The van der Waals surface area contributed by atoms with Crippen LogP contribution in [0.25, 0.3) is 0 Å². The van der Waals surface area contributed by atoms with E-state index in [1.54, 1.807) is 0 Å². The summed E-state index contributed by atoms with van der Waals surface area (Å²) < 4.78 is 21.0. The average Bonchev–Trinajstić information content (AvgIpc) is 3.62. The minimum Gasteiger partial charge on any atom is -0.414 e. The van der Waals surface area contributed by atoms with Gasteiger partial charge in [0.25, 0.3) is 0 Å². The number of ether oxygens (including phenoxy) is 1. The van der Waals surface area contributed by atoms with E-state index in [4.69, 9.17) is 13.6 Å². The van der Waals surface area contributed by atoms with Crippen molar-refractivity contribution in [3.8, 4) is 0 Å². The molecule has 0 bridgehead atoms. The van der Waals surface area contributed by atoms with Crippen molar-refractivity contribution in [3.63, 3.8) is 0 Å². The number of fused-ring (bicyclic) bond motifs is 7. The molecule has 0 unspecified atom stereocenters. The van der Waals surface area contributed by atoms with Crippen molar-refractivity contribution in [2.45, 2.75) is 174 Å². The van der Waals surface area contributed by atoms with Gasteiger partial charge in [-0.1, -0.05) is 55.4 Å². The first kappa shape index (κ1) is 29.8. The summed E-state index contributed by atoms with van der Waals surface area (Å²) in [5.74, 6) is 3.51. The summed E-state index contributed by atoms with van der Waals surface area (Å²) >= 11 is 0. The SMILES string of the molecule is CC[Si](CC)(CC)O[C@H]1CC[C@@]2(C)[C@@H](CC[C@@H]3[C@@H]2CC[C@@]2(C)[C@H]3C[C@H]3O[C@]32[C@H](C)O[Si](CC)(CC)CC)C1. The van der Waals surface area contributed by atoms with E-state index in [1.807, 2.05) is 0 Å². The number of rotatable bonds is 11. The summed E-state index contributed by atoms with van der Waals surface area (Å²) in [5, 5.41) is 0. The summed E-state index contributed by atoms with van der Waals surface area (Å²) in [4.78, 5) is 0. The maximum absolute atomic E-state index is 7.15. The van der Waals surface area contributed by atoms with Crippen LogP contribution in [0.4, 0.5) is 0 Å². The van der Waals surface area contributed by atoms with Gasteiger partial charge in [0, 0.05) is 11.5 Å². The van der Waals surface area contributed by atoms with Crippen molar-refractivity contribution in [1.82, 2.24) is 0 Å². The smallest absolute Gasteiger partial charge is 0.192 e. The predicted octanol–water partition coefficient (Wildman–Crippen LogP) is 9.58. The molecule has 0 spiro atoms. The fraction of sp³-hybridized carbons (Fsp3) is 1.00. The molecule has 1 aliphatic heterocycles. The van der Waals surface area contributed by atoms with Gasteiger partial charge < -0.3 is 13.6 Å². The molecule has 1 heterocycles. The summed E-state index contributed by atoms with van der Waals surface area (Å²) in [5.41, 5.74) is 0.820. The number of hydrogen-bond acceptors (Lipinski definition) is 3. The van der Waals surface area contributed by atoms with Crippen molar-refractivity contribution in [2.24, 2.45) is 34.5 Å². The zero-order chi connectivity index (χ0) is 27.6. The highest BCUT2D eigenvalue weighted by molar-refractivity contribution is 6.74.